The number of rotatable bonds is 5. The predicted molar refractivity (Wildman–Crippen MR) is 104 cm³/mol. The van der Waals surface area contributed by atoms with Crippen LogP contribution in [0.1, 0.15) is 31.0 Å². The zero-order chi connectivity index (χ0) is 19.7. The van der Waals surface area contributed by atoms with E-state index in [9.17, 15) is 14.7 Å². The second kappa shape index (κ2) is 7.27. The largest absolute Gasteiger partial charge is 0.503 e. The minimum atomic E-state index is -0.704. The molecule has 1 N–H and O–H groups in total. The van der Waals surface area contributed by atoms with Crippen molar-refractivity contribution in [2.45, 2.75) is 26.8 Å². The van der Waals surface area contributed by atoms with E-state index in [1.54, 1.807) is 45.2 Å². The summed E-state index contributed by atoms with van der Waals surface area (Å²) >= 11 is 0. The molecule has 1 atom stereocenters. The van der Waals surface area contributed by atoms with Gasteiger partial charge in [0.25, 0.3) is 5.91 Å². The van der Waals surface area contributed by atoms with Crippen LogP contribution in [0.15, 0.2) is 59.9 Å². The Morgan fingerprint density at radius 1 is 1.15 bits per heavy atom. The number of methoxy groups -OCH3 is 1. The number of ether oxygens (including phenoxy) is 1. The van der Waals surface area contributed by atoms with Crippen molar-refractivity contribution < 1.29 is 19.4 Å². The van der Waals surface area contributed by atoms with Crippen LogP contribution in [0.3, 0.4) is 0 Å². The lowest BCUT2D eigenvalue weighted by molar-refractivity contribution is -0.119. The zero-order valence-corrected chi connectivity index (χ0v) is 15.9. The molecule has 5 nitrogen and oxygen atoms in total. The Hall–Kier alpha value is -3.08. The summed E-state index contributed by atoms with van der Waals surface area (Å²) in [6.07, 6.45) is 0. The van der Waals surface area contributed by atoms with Gasteiger partial charge in [0.15, 0.2) is 11.5 Å². The first-order chi connectivity index (χ1) is 12.8. The van der Waals surface area contributed by atoms with Gasteiger partial charge in [-0.05, 0) is 42.3 Å². The fraction of sp³-hybridized carbons (Fsp3) is 0.273. The summed E-state index contributed by atoms with van der Waals surface area (Å²) in [5, 5.41) is 10.6. The highest BCUT2D eigenvalue weighted by Crippen LogP contribution is 2.42. The van der Waals surface area contributed by atoms with Gasteiger partial charge >= 0.3 is 0 Å². The van der Waals surface area contributed by atoms with Gasteiger partial charge in [0.05, 0.1) is 18.7 Å². The first-order valence-corrected chi connectivity index (χ1v) is 8.86. The topological polar surface area (TPSA) is 66.8 Å². The maximum atomic E-state index is 12.9. The molecule has 140 valence electrons. The van der Waals surface area contributed by atoms with E-state index < -0.39 is 17.7 Å². The summed E-state index contributed by atoms with van der Waals surface area (Å²) in [5.41, 5.74) is 2.45. The molecule has 1 aliphatic heterocycles. The van der Waals surface area contributed by atoms with Gasteiger partial charge in [-0.15, -0.1) is 0 Å². The number of aliphatic hydroxyl groups is 1. The number of hydrogen-bond donors (Lipinski definition) is 1. The number of carbonyl (C=O) groups is 2. The van der Waals surface area contributed by atoms with Crippen molar-refractivity contribution in [1.82, 2.24) is 0 Å². The second-order valence-electron chi connectivity index (χ2n) is 6.97. The quantitative estimate of drug-likeness (QED) is 0.865. The molecule has 0 bridgehead atoms. The van der Waals surface area contributed by atoms with Crippen LogP contribution >= 0.6 is 0 Å². The van der Waals surface area contributed by atoms with Crippen molar-refractivity contribution in [2.75, 3.05) is 12.0 Å². The number of Topliss-reactive ketones (excluding diaryl/α,β-unsaturated/α-hetero) is 1. The van der Waals surface area contributed by atoms with Crippen molar-refractivity contribution in [3.8, 4) is 5.75 Å². The molecule has 0 fully saturated rings. The Morgan fingerprint density at radius 3 is 2.48 bits per heavy atom. The SMILES string of the molecule is COc1cccc(C2C(C(=O)C(C)C)=C(O)C(=O)N2c2cccc(C)c2)c1. The normalized spacial score (nSPS) is 17.0. The Bertz CT molecular complexity index is 929. The summed E-state index contributed by atoms with van der Waals surface area (Å²) in [5.74, 6) is -1.03. The lowest BCUT2D eigenvalue weighted by atomic mass is 9.91. The Labute approximate surface area is 158 Å². The van der Waals surface area contributed by atoms with E-state index in [2.05, 4.69) is 0 Å². The molecule has 0 radical (unpaired) electrons. The summed E-state index contributed by atoms with van der Waals surface area (Å²) in [6.45, 7) is 5.44. The molecule has 2 aromatic rings. The first-order valence-electron chi connectivity index (χ1n) is 8.86. The summed E-state index contributed by atoms with van der Waals surface area (Å²) < 4.78 is 5.30. The van der Waals surface area contributed by atoms with E-state index in [0.717, 1.165) is 5.56 Å². The van der Waals surface area contributed by atoms with Crippen LogP contribution < -0.4 is 9.64 Å². The molecule has 0 saturated carbocycles. The fourth-order valence-corrected chi connectivity index (χ4v) is 3.34. The molecule has 0 aromatic heterocycles. The number of amides is 1. The molecular weight excluding hydrogens is 342 g/mol. The number of benzene rings is 2. The molecule has 0 saturated heterocycles. The van der Waals surface area contributed by atoms with Crippen LogP contribution in [-0.4, -0.2) is 23.9 Å². The number of aryl methyl sites for hydroxylation is 1. The molecule has 5 heteroatoms. The van der Waals surface area contributed by atoms with Crippen LogP contribution in [0.5, 0.6) is 5.75 Å². The number of carbonyl (C=O) groups excluding carboxylic acids is 2. The van der Waals surface area contributed by atoms with Crippen molar-refractivity contribution in [1.29, 1.82) is 0 Å². The Balaban J connectivity index is 2.21. The van der Waals surface area contributed by atoms with Crippen molar-refractivity contribution in [3.63, 3.8) is 0 Å². The van der Waals surface area contributed by atoms with Gasteiger partial charge in [0, 0.05) is 11.6 Å². The molecule has 1 aliphatic rings. The van der Waals surface area contributed by atoms with E-state index in [0.29, 0.717) is 17.0 Å². The highest BCUT2D eigenvalue weighted by Gasteiger charge is 2.44. The Kier molecular flexibility index (Phi) is 5.04. The van der Waals surface area contributed by atoms with Crippen LogP contribution in [0, 0.1) is 12.8 Å². The van der Waals surface area contributed by atoms with Gasteiger partial charge in [-0.1, -0.05) is 38.1 Å². The molecule has 0 spiro atoms. The fourth-order valence-electron chi connectivity index (χ4n) is 3.34. The predicted octanol–water partition coefficient (Wildman–Crippen LogP) is 4.13. The molecule has 3 rings (SSSR count). The van der Waals surface area contributed by atoms with E-state index >= 15 is 0 Å². The maximum Gasteiger partial charge on any atom is 0.294 e. The molecule has 2 aromatic carbocycles. The third kappa shape index (κ3) is 3.33. The number of hydrogen-bond acceptors (Lipinski definition) is 4. The minimum absolute atomic E-state index is 0.129. The van der Waals surface area contributed by atoms with Gasteiger partial charge < -0.3 is 9.84 Å². The average molecular weight is 365 g/mol. The lowest BCUT2D eigenvalue weighted by Gasteiger charge is -2.27. The summed E-state index contributed by atoms with van der Waals surface area (Å²) in [7, 11) is 1.56. The molecule has 0 aliphatic carbocycles. The standard InChI is InChI=1S/C22H23NO4/c1-13(2)20(24)18-19(15-8-6-10-17(12-15)27-4)23(22(26)21(18)25)16-9-5-7-14(3)11-16/h5-13,19,25H,1-4H3. The monoisotopic (exact) mass is 365 g/mol. The third-order valence-corrected chi connectivity index (χ3v) is 4.69. The van der Waals surface area contributed by atoms with Gasteiger partial charge in [-0.3, -0.25) is 14.5 Å². The van der Waals surface area contributed by atoms with Crippen molar-refractivity contribution >= 4 is 17.4 Å². The lowest BCUT2D eigenvalue weighted by Crippen LogP contribution is -2.31. The van der Waals surface area contributed by atoms with Crippen LogP contribution in [0.4, 0.5) is 5.69 Å². The van der Waals surface area contributed by atoms with Gasteiger partial charge in [-0.25, -0.2) is 0 Å². The number of aliphatic hydroxyl groups excluding tert-OH is 1. The molecule has 1 unspecified atom stereocenters. The van der Waals surface area contributed by atoms with Crippen LogP contribution in [0.25, 0.3) is 0 Å². The zero-order valence-electron chi connectivity index (χ0n) is 15.9. The van der Waals surface area contributed by atoms with Crippen LogP contribution in [0.2, 0.25) is 0 Å². The summed E-state index contributed by atoms with van der Waals surface area (Å²) in [6, 6.07) is 13.9. The van der Waals surface area contributed by atoms with Gasteiger partial charge in [-0.2, -0.15) is 0 Å². The minimum Gasteiger partial charge on any atom is -0.503 e. The average Bonchev–Trinajstić information content (AvgIpc) is 2.92. The number of anilines is 1. The molecule has 27 heavy (non-hydrogen) atoms. The van der Waals surface area contributed by atoms with Crippen molar-refractivity contribution in [3.05, 3.63) is 71.0 Å². The van der Waals surface area contributed by atoms with Crippen molar-refractivity contribution in [2.24, 2.45) is 5.92 Å². The molecule has 1 amide bonds. The Morgan fingerprint density at radius 2 is 1.85 bits per heavy atom. The van der Waals surface area contributed by atoms with Gasteiger partial charge in [0.1, 0.15) is 5.75 Å². The highest BCUT2D eigenvalue weighted by molar-refractivity contribution is 6.16. The smallest absolute Gasteiger partial charge is 0.294 e. The summed E-state index contributed by atoms with van der Waals surface area (Å²) in [4.78, 5) is 27.3. The van der Waals surface area contributed by atoms with Gasteiger partial charge in [0.2, 0.25) is 0 Å². The molecule has 1 heterocycles. The van der Waals surface area contributed by atoms with E-state index in [1.165, 1.54) is 4.90 Å². The molecular formula is C22H23NO4. The van der Waals surface area contributed by atoms with Crippen LogP contribution in [-0.2, 0) is 9.59 Å². The number of ketones is 1. The number of nitrogens with zero attached hydrogens (tertiary/aromatic N) is 1. The second-order valence-corrected chi connectivity index (χ2v) is 6.97. The maximum absolute atomic E-state index is 12.9. The van der Waals surface area contributed by atoms with E-state index in [4.69, 9.17) is 4.74 Å². The van der Waals surface area contributed by atoms with E-state index in [-0.39, 0.29) is 17.3 Å². The van der Waals surface area contributed by atoms with E-state index in [1.807, 2.05) is 31.2 Å². The highest BCUT2D eigenvalue weighted by atomic mass is 16.5. The first kappa shape index (κ1) is 18.7. The third-order valence-electron chi connectivity index (χ3n) is 4.69.